The molecule has 1 spiro atoms. The molecular weight excluding hydrogens is 1000 g/mol. The third-order valence-electron chi connectivity index (χ3n) is 16.7. The summed E-state index contributed by atoms with van der Waals surface area (Å²) in [7, 11) is 0. The van der Waals surface area contributed by atoms with Gasteiger partial charge < -0.3 is 4.90 Å². The summed E-state index contributed by atoms with van der Waals surface area (Å²) < 4.78 is 84.8. The van der Waals surface area contributed by atoms with E-state index in [0.717, 1.165) is 135 Å². The first-order valence-electron chi connectivity index (χ1n) is 27.0. The quantitative estimate of drug-likeness (QED) is 0.0911. The molecule has 0 radical (unpaired) electrons. The predicted molar refractivity (Wildman–Crippen MR) is 317 cm³/mol. The number of halogens is 6. The molecule has 0 N–H and O–H groups in total. The second kappa shape index (κ2) is 18.2. The first-order chi connectivity index (χ1) is 38.2. The molecule has 7 heteroatoms. The Morgan fingerprint density at radius 2 is 0.725 bits per heavy atom. The topological polar surface area (TPSA) is 3.24 Å². The average molecular weight is 1060 g/mol. The molecule has 0 heterocycles. The first-order valence-corrected chi connectivity index (χ1v) is 27.0. The van der Waals surface area contributed by atoms with Crippen LogP contribution in [0.4, 0.5) is 43.4 Å². The van der Waals surface area contributed by atoms with Gasteiger partial charge in [-0.2, -0.15) is 26.3 Å². The van der Waals surface area contributed by atoms with Gasteiger partial charge in [0.25, 0.3) is 0 Å². The van der Waals surface area contributed by atoms with E-state index in [1.54, 1.807) is 24.3 Å². The molecule has 2 aliphatic rings. The van der Waals surface area contributed by atoms with E-state index in [-0.39, 0.29) is 10.8 Å². The van der Waals surface area contributed by atoms with Crippen LogP contribution in [0.5, 0.6) is 0 Å². The highest BCUT2D eigenvalue weighted by Gasteiger charge is 2.52. The fraction of sp³-hybridized carbons (Fsp3) is 0.151. The first kappa shape index (κ1) is 50.8. The van der Waals surface area contributed by atoms with E-state index in [0.29, 0.717) is 11.3 Å². The molecule has 80 heavy (non-hydrogen) atoms. The van der Waals surface area contributed by atoms with E-state index in [1.165, 1.54) is 5.39 Å². The summed E-state index contributed by atoms with van der Waals surface area (Å²) in [6.45, 7) is 12.9. The number of hydrogen-bond acceptors (Lipinski definition) is 1. The number of rotatable bonds is 6. The Morgan fingerprint density at radius 3 is 1.24 bits per heavy atom. The van der Waals surface area contributed by atoms with Gasteiger partial charge in [-0.25, -0.2) is 0 Å². The van der Waals surface area contributed by atoms with Crippen LogP contribution in [0.2, 0.25) is 0 Å². The van der Waals surface area contributed by atoms with Gasteiger partial charge in [0.15, 0.2) is 0 Å². The Bertz CT molecular complexity index is 4190. The predicted octanol–water partition coefficient (Wildman–Crippen LogP) is 21.2. The molecule has 0 bridgehead atoms. The summed E-state index contributed by atoms with van der Waals surface area (Å²) in [5.41, 5.74) is 13.4. The lowest BCUT2D eigenvalue weighted by Gasteiger charge is -2.33. The van der Waals surface area contributed by atoms with E-state index < -0.39 is 28.9 Å². The summed E-state index contributed by atoms with van der Waals surface area (Å²) in [5.74, 6) is 0. The highest BCUT2D eigenvalue weighted by atomic mass is 19.4. The van der Waals surface area contributed by atoms with Crippen molar-refractivity contribution in [2.24, 2.45) is 0 Å². The van der Waals surface area contributed by atoms with Gasteiger partial charge in [-0.15, -0.1) is 0 Å². The molecule has 1 atom stereocenters. The van der Waals surface area contributed by atoms with Crippen molar-refractivity contribution in [3.63, 3.8) is 0 Å². The normalized spacial score (nSPS) is 15.1. The Morgan fingerprint density at radius 1 is 0.338 bits per heavy atom. The molecule has 2 aliphatic carbocycles. The molecule has 13 rings (SSSR count). The van der Waals surface area contributed by atoms with E-state index in [4.69, 9.17) is 0 Å². The number of alkyl halides is 6. The molecule has 0 amide bonds. The zero-order valence-electron chi connectivity index (χ0n) is 45.1. The van der Waals surface area contributed by atoms with Gasteiger partial charge >= 0.3 is 12.4 Å². The maximum absolute atomic E-state index is 14.2. The lowest BCUT2D eigenvalue weighted by molar-refractivity contribution is -0.138. The largest absolute Gasteiger partial charge is 0.416 e. The molecule has 394 valence electrons. The molecule has 0 fully saturated rings. The lowest BCUT2D eigenvalue weighted by atomic mass is 9.70. The van der Waals surface area contributed by atoms with Gasteiger partial charge in [0.1, 0.15) is 0 Å². The third-order valence-corrected chi connectivity index (χ3v) is 16.7. The van der Waals surface area contributed by atoms with Gasteiger partial charge in [-0.3, -0.25) is 0 Å². The van der Waals surface area contributed by atoms with E-state index >= 15 is 0 Å². The number of hydrogen-bond donors (Lipinski definition) is 0. The van der Waals surface area contributed by atoms with Gasteiger partial charge in [-0.05, 0) is 206 Å². The minimum atomic E-state index is -4.52. The lowest BCUT2D eigenvalue weighted by Crippen LogP contribution is -2.26. The van der Waals surface area contributed by atoms with E-state index in [9.17, 15) is 26.3 Å². The van der Waals surface area contributed by atoms with E-state index in [1.807, 2.05) is 17.0 Å². The van der Waals surface area contributed by atoms with Crippen LogP contribution in [-0.4, -0.2) is 0 Å². The summed E-state index contributed by atoms with van der Waals surface area (Å²) in [6, 6.07) is 70.9. The molecule has 1 nitrogen and oxygen atoms in total. The van der Waals surface area contributed by atoms with Crippen LogP contribution in [0, 0.1) is 0 Å². The van der Waals surface area contributed by atoms with Gasteiger partial charge in [-0.1, -0.05) is 181 Å². The Kier molecular flexibility index (Phi) is 11.5. The molecule has 0 aromatic heterocycles. The SMILES string of the molecule is CC(C)(C)c1ccc(/C(=C\c2ccc3c(c2)C2(c4ccccc4-c4cc5c6ccccc6c6ccccc6c5cc42)c2cc(N(c4ccc(C(C)(C)C)cc4)c4ccc(C(F)(F)F)cc4)ccc2-3)c2ccc(C(F)(F)F)cc2)cc1. The Balaban J connectivity index is 1.10. The zero-order chi connectivity index (χ0) is 55.7. The minimum absolute atomic E-state index is 0.121. The maximum atomic E-state index is 14.2. The Hall–Kier alpha value is -8.68. The van der Waals surface area contributed by atoms with Crippen molar-refractivity contribution >= 4 is 61.0 Å². The van der Waals surface area contributed by atoms with Crippen molar-refractivity contribution in [3.8, 4) is 22.3 Å². The van der Waals surface area contributed by atoms with Crippen LogP contribution >= 0.6 is 0 Å². The highest BCUT2D eigenvalue weighted by molar-refractivity contribution is 6.26. The average Bonchev–Trinajstić information content (AvgIpc) is 3.96. The van der Waals surface area contributed by atoms with Crippen molar-refractivity contribution < 1.29 is 26.3 Å². The summed E-state index contributed by atoms with van der Waals surface area (Å²) in [6.07, 6.45) is -6.92. The van der Waals surface area contributed by atoms with Crippen LogP contribution in [0.25, 0.3) is 66.2 Å². The van der Waals surface area contributed by atoms with Crippen molar-refractivity contribution in [1.82, 2.24) is 0 Å². The van der Waals surface area contributed by atoms with Crippen LogP contribution in [0.15, 0.2) is 218 Å². The van der Waals surface area contributed by atoms with E-state index in [2.05, 4.69) is 205 Å². The molecule has 0 saturated heterocycles. The number of anilines is 3. The monoisotopic (exact) mass is 1060 g/mol. The van der Waals surface area contributed by atoms with Crippen molar-refractivity contribution in [2.45, 2.75) is 70.1 Å². The number of fused-ring (bicyclic) bond motifs is 16. The molecular formula is C73H55F6N. The standard InChI is InChI=1S/C73H55F6N/c1-69(2,3)47-24-20-45(21-25-47)61(46-22-26-49(27-23-46)72(74,75)76)39-44-19-37-59-60-38-36-53(80(51-32-28-48(29-33-51)70(4,5)6)52-34-30-50(31-35-52)73(77,78)79)41-67(60)71(66(59)40-44)65-18-12-11-17-58(65)64-42-62-56-15-9-7-13-54(56)55-14-8-10-16-57(55)63(62)43-68(64)71/h7-43H,1-6H3/b61-39+. The van der Waals surface area contributed by atoms with Crippen LogP contribution in [-0.2, 0) is 28.6 Å². The molecule has 1 unspecified atom stereocenters. The van der Waals surface area contributed by atoms with Crippen LogP contribution in [0.3, 0.4) is 0 Å². The summed E-state index contributed by atoms with van der Waals surface area (Å²) in [4.78, 5) is 2.04. The summed E-state index contributed by atoms with van der Waals surface area (Å²) >= 11 is 0. The van der Waals surface area contributed by atoms with Gasteiger partial charge in [0.05, 0.1) is 16.5 Å². The van der Waals surface area contributed by atoms with Crippen LogP contribution in [0.1, 0.15) is 103 Å². The number of benzene rings is 11. The second-order valence-electron chi connectivity index (χ2n) is 23.5. The number of nitrogens with zero attached hydrogens (tertiary/aromatic N) is 1. The van der Waals surface area contributed by atoms with Gasteiger partial charge in [0, 0.05) is 17.1 Å². The summed E-state index contributed by atoms with van der Waals surface area (Å²) in [5, 5.41) is 6.86. The Labute approximate surface area is 462 Å². The van der Waals surface area contributed by atoms with Crippen molar-refractivity contribution in [2.75, 3.05) is 4.90 Å². The van der Waals surface area contributed by atoms with Crippen LogP contribution < -0.4 is 4.90 Å². The smallest absolute Gasteiger partial charge is 0.310 e. The highest BCUT2D eigenvalue weighted by Crippen LogP contribution is 2.64. The molecule has 0 aliphatic heterocycles. The van der Waals surface area contributed by atoms with Crippen molar-refractivity contribution in [1.29, 1.82) is 0 Å². The van der Waals surface area contributed by atoms with Crippen molar-refractivity contribution in [3.05, 3.63) is 280 Å². The fourth-order valence-corrected chi connectivity index (χ4v) is 12.7. The second-order valence-corrected chi connectivity index (χ2v) is 23.5. The molecule has 11 aromatic rings. The minimum Gasteiger partial charge on any atom is -0.310 e. The third kappa shape index (κ3) is 8.23. The fourth-order valence-electron chi connectivity index (χ4n) is 12.7. The zero-order valence-corrected chi connectivity index (χ0v) is 45.1. The molecule has 0 saturated carbocycles. The maximum Gasteiger partial charge on any atom is 0.416 e. The molecule has 11 aromatic carbocycles. The van der Waals surface area contributed by atoms with Gasteiger partial charge in [0.2, 0.25) is 0 Å².